The Hall–Kier alpha value is -1.53. The fraction of sp³-hybridized carbons (Fsp3) is 0.200. The average Bonchev–Trinajstić information content (AvgIpc) is 2.27. The average molecular weight is 269 g/mol. The van der Waals surface area contributed by atoms with Gasteiger partial charge in [0.1, 0.15) is 5.75 Å². The van der Waals surface area contributed by atoms with Gasteiger partial charge in [0.05, 0.1) is 25.3 Å². The monoisotopic (exact) mass is 269 g/mol. The molecule has 0 amide bonds. The zero-order chi connectivity index (χ0) is 11.4. The van der Waals surface area contributed by atoms with Crippen molar-refractivity contribution in [3.05, 3.63) is 29.3 Å². The van der Waals surface area contributed by atoms with Crippen molar-refractivity contribution in [3.63, 3.8) is 0 Å². The van der Waals surface area contributed by atoms with E-state index >= 15 is 0 Å². The summed E-state index contributed by atoms with van der Waals surface area (Å²) in [6.07, 6.45) is 0. The second kappa shape index (κ2) is 6.14. The van der Waals surface area contributed by atoms with Gasteiger partial charge in [-0.1, -0.05) is 0 Å². The summed E-state index contributed by atoms with van der Waals surface area (Å²) in [5.74, 6) is -1.43. The SMILES string of the molecule is COC(=O)c1cc(OC)cc(C(=O)O)c1.[Co]. The van der Waals surface area contributed by atoms with Crippen molar-refractivity contribution in [1.82, 2.24) is 0 Å². The standard InChI is InChI=1S/C10H10O5.Co/c1-14-8-4-6(9(11)12)3-7(5-8)10(13)15-2;/h3-5H,1-2H3,(H,11,12);. The van der Waals surface area contributed by atoms with E-state index in [4.69, 9.17) is 9.84 Å². The van der Waals surface area contributed by atoms with Crippen molar-refractivity contribution in [1.29, 1.82) is 0 Å². The van der Waals surface area contributed by atoms with Gasteiger partial charge in [-0.15, -0.1) is 0 Å². The van der Waals surface area contributed by atoms with Crippen molar-refractivity contribution in [2.75, 3.05) is 14.2 Å². The molecule has 16 heavy (non-hydrogen) atoms. The molecule has 89 valence electrons. The van der Waals surface area contributed by atoms with Crippen LogP contribution in [0.2, 0.25) is 0 Å². The van der Waals surface area contributed by atoms with Crippen LogP contribution in [-0.4, -0.2) is 31.3 Å². The fourth-order valence-electron chi connectivity index (χ4n) is 1.08. The summed E-state index contributed by atoms with van der Waals surface area (Å²) in [4.78, 5) is 21.9. The minimum atomic E-state index is -1.13. The van der Waals surface area contributed by atoms with Gasteiger partial charge in [-0.25, -0.2) is 9.59 Å². The molecule has 5 nitrogen and oxygen atoms in total. The van der Waals surface area contributed by atoms with Gasteiger partial charge in [-0.05, 0) is 18.2 Å². The Morgan fingerprint density at radius 2 is 1.69 bits per heavy atom. The smallest absolute Gasteiger partial charge is 0.338 e. The van der Waals surface area contributed by atoms with Crippen LogP contribution in [0, 0.1) is 0 Å². The molecule has 0 bridgehead atoms. The fourth-order valence-corrected chi connectivity index (χ4v) is 1.08. The molecular weight excluding hydrogens is 259 g/mol. The number of hydrogen-bond donors (Lipinski definition) is 1. The molecule has 1 radical (unpaired) electrons. The Labute approximate surface area is 103 Å². The summed E-state index contributed by atoms with van der Waals surface area (Å²) in [7, 11) is 2.62. The van der Waals surface area contributed by atoms with Crippen LogP contribution in [0.3, 0.4) is 0 Å². The van der Waals surface area contributed by atoms with E-state index in [2.05, 4.69) is 4.74 Å². The number of ether oxygens (including phenoxy) is 2. The molecule has 6 heteroatoms. The van der Waals surface area contributed by atoms with Gasteiger partial charge in [-0.3, -0.25) is 0 Å². The third-order valence-electron chi connectivity index (χ3n) is 1.81. The van der Waals surface area contributed by atoms with E-state index in [0.717, 1.165) is 0 Å². The van der Waals surface area contributed by atoms with Gasteiger partial charge in [-0.2, -0.15) is 0 Å². The molecule has 0 aliphatic heterocycles. The Morgan fingerprint density at radius 3 is 2.12 bits per heavy atom. The molecule has 0 spiro atoms. The van der Waals surface area contributed by atoms with Crippen molar-refractivity contribution >= 4 is 11.9 Å². The number of esters is 1. The maximum absolute atomic E-state index is 11.2. The van der Waals surface area contributed by atoms with Gasteiger partial charge < -0.3 is 14.6 Å². The van der Waals surface area contributed by atoms with Crippen molar-refractivity contribution in [2.24, 2.45) is 0 Å². The maximum atomic E-state index is 11.2. The first-order valence-corrected chi connectivity index (χ1v) is 4.09. The third-order valence-corrected chi connectivity index (χ3v) is 1.81. The maximum Gasteiger partial charge on any atom is 0.338 e. The molecule has 1 aromatic carbocycles. The van der Waals surface area contributed by atoms with Crippen LogP contribution in [0.5, 0.6) is 5.75 Å². The summed E-state index contributed by atoms with van der Waals surface area (Å²) in [5, 5.41) is 8.78. The first-order valence-electron chi connectivity index (χ1n) is 4.09. The molecule has 0 heterocycles. The van der Waals surface area contributed by atoms with Crippen LogP contribution in [0.25, 0.3) is 0 Å². The van der Waals surface area contributed by atoms with E-state index in [0.29, 0.717) is 5.75 Å². The number of hydrogen-bond acceptors (Lipinski definition) is 4. The Bertz CT molecular complexity index is 402. The summed E-state index contributed by atoms with van der Waals surface area (Å²) in [6.45, 7) is 0. The molecule has 1 rings (SSSR count). The minimum absolute atomic E-state index is 0. The van der Waals surface area contributed by atoms with E-state index in [1.165, 1.54) is 32.4 Å². The summed E-state index contributed by atoms with van der Waals surface area (Å²) < 4.78 is 9.35. The molecule has 0 saturated carbocycles. The first kappa shape index (κ1) is 14.5. The van der Waals surface area contributed by atoms with Gasteiger partial charge in [0.25, 0.3) is 0 Å². The molecule has 1 N–H and O–H groups in total. The predicted molar refractivity (Wildman–Crippen MR) is 51.3 cm³/mol. The van der Waals surface area contributed by atoms with E-state index in [1.54, 1.807) is 0 Å². The van der Waals surface area contributed by atoms with Crippen LogP contribution < -0.4 is 4.74 Å². The van der Waals surface area contributed by atoms with Gasteiger partial charge in [0.2, 0.25) is 0 Å². The molecular formula is C10H10CoO5. The number of methoxy groups -OCH3 is 2. The van der Waals surface area contributed by atoms with E-state index in [-0.39, 0.29) is 27.9 Å². The second-order valence-electron chi connectivity index (χ2n) is 2.75. The van der Waals surface area contributed by atoms with Crippen molar-refractivity contribution in [2.45, 2.75) is 0 Å². The number of carbonyl (C=O) groups excluding carboxylic acids is 1. The van der Waals surface area contributed by atoms with Crippen LogP contribution in [0.15, 0.2) is 18.2 Å². The summed E-state index contributed by atoms with van der Waals surface area (Å²) in [5.41, 5.74) is 0.129. The van der Waals surface area contributed by atoms with E-state index in [9.17, 15) is 9.59 Å². The minimum Gasteiger partial charge on any atom is -0.497 e. The molecule has 0 atom stereocenters. The normalized spacial score (nSPS) is 8.88. The molecule has 1 aromatic rings. The van der Waals surface area contributed by atoms with Gasteiger partial charge in [0, 0.05) is 16.8 Å². The van der Waals surface area contributed by atoms with Crippen LogP contribution in [0.1, 0.15) is 20.7 Å². The molecule has 0 aliphatic rings. The molecule has 0 aromatic heterocycles. The van der Waals surface area contributed by atoms with Crippen LogP contribution >= 0.6 is 0 Å². The quantitative estimate of drug-likeness (QED) is 0.834. The number of aromatic carboxylic acids is 1. The molecule has 0 unspecified atom stereocenters. The first-order chi connectivity index (χ1) is 7.08. The Morgan fingerprint density at radius 1 is 1.12 bits per heavy atom. The number of carbonyl (C=O) groups is 2. The van der Waals surface area contributed by atoms with E-state index in [1.807, 2.05) is 0 Å². The molecule has 0 aliphatic carbocycles. The van der Waals surface area contributed by atoms with Crippen molar-refractivity contribution in [3.8, 4) is 5.75 Å². The van der Waals surface area contributed by atoms with Gasteiger partial charge in [0.15, 0.2) is 0 Å². The van der Waals surface area contributed by atoms with E-state index < -0.39 is 11.9 Å². The zero-order valence-corrected chi connectivity index (χ0v) is 9.69. The van der Waals surface area contributed by atoms with Gasteiger partial charge >= 0.3 is 11.9 Å². The predicted octanol–water partition coefficient (Wildman–Crippen LogP) is 1.18. The zero-order valence-electron chi connectivity index (χ0n) is 8.65. The van der Waals surface area contributed by atoms with Crippen molar-refractivity contribution < 1.29 is 40.9 Å². The summed E-state index contributed by atoms with van der Waals surface area (Å²) in [6, 6.07) is 3.98. The largest absolute Gasteiger partial charge is 0.497 e. The molecule has 0 fully saturated rings. The Balaban J connectivity index is 0.00000225. The number of carboxylic acid groups (broad SMARTS) is 1. The number of carboxylic acids is 1. The van der Waals surface area contributed by atoms with Crippen LogP contribution in [-0.2, 0) is 21.5 Å². The number of benzene rings is 1. The van der Waals surface area contributed by atoms with Crippen LogP contribution in [0.4, 0.5) is 0 Å². The summed E-state index contributed by atoms with van der Waals surface area (Å²) >= 11 is 0. The topological polar surface area (TPSA) is 72.8 Å². The second-order valence-corrected chi connectivity index (χ2v) is 2.75. The third kappa shape index (κ3) is 3.25. The number of rotatable bonds is 3. The Kier molecular flexibility index (Phi) is 5.55. The molecule has 0 saturated heterocycles.